The van der Waals surface area contributed by atoms with Crippen LogP contribution >= 0.6 is 0 Å². The average Bonchev–Trinajstić information content (AvgIpc) is 3.36. The fourth-order valence-corrected chi connectivity index (χ4v) is 3.67. The number of ether oxygens (including phenoxy) is 2. The van der Waals surface area contributed by atoms with Crippen LogP contribution in [0, 0.1) is 6.92 Å². The summed E-state index contributed by atoms with van der Waals surface area (Å²) in [7, 11) is 0. The van der Waals surface area contributed by atoms with E-state index in [1.807, 2.05) is 87.7 Å². The van der Waals surface area contributed by atoms with Gasteiger partial charge >= 0.3 is 5.97 Å². The van der Waals surface area contributed by atoms with Crippen LogP contribution in [0.4, 0.5) is 8.78 Å². The molecule has 4 nitrogen and oxygen atoms in total. The van der Waals surface area contributed by atoms with E-state index in [2.05, 4.69) is 0 Å². The molecule has 3 rings (SSSR count). The zero-order chi connectivity index (χ0) is 28.5. The van der Waals surface area contributed by atoms with Gasteiger partial charge in [0.05, 0.1) is 17.9 Å². The minimum Gasteiger partial charge on any atom is -0.488 e. The summed E-state index contributed by atoms with van der Waals surface area (Å²) in [6, 6.07) is 18.7. The van der Waals surface area contributed by atoms with Crippen molar-refractivity contribution >= 4 is 5.97 Å². The van der Waals surface area contributed by atoms with Gasteiger partial charge in [-0.25, -0.2) is 13.6 Å². The van der Waals surface area contributed by atoms with Gasteiger partial charge in [0, 0.05) is 22.5 Å². The standard InChI is InChI=1S/C28H29F2NO3.2C2H6/c1-4-25(30)22(11-9-17-29)19-34-27-14-7-6-13-24(27)26-16-15-20(3)31(26)23-12-8-10-21(18-23)28(32)33-5-2;2*1-2/h6-16,18H,4-5,17,19H2,1-3H3;2*1-2H3/b11-9-,25-22-;;. The second kappa shape index (κ2) is 17.7. The number of para-hydroxylation sites is 1. The van der Waals surface area contributed by atoms with Gasteiger partial charge in [-0.05, 0) is 62.7 Å². The van der Waals surface area contributed by atoms with Crippen LogP contribution < -0.4 is 4.74 Å². The summed E-state index contributed by atoms with van der Waals surface area (Å²) in [5.74, 6) is -0.145. The van der Waals surface area contributed by atoms with Gasteiger partial charge in [0.2, 0.25) is 0 Å². The van der Waals surface area contributed by atoms with Crippen molar-refractivity contribution in [3.8, 4) is 22.7 Å². The molecule has 0 fully saturated rings. The molecule has 0 spiro atoms. The van der Waals surface area contributed by atoms with E-state index in [1.54, 1.807) is 26.0 Å². The number of carbonyl (C=O) groups excluding carboxylic acids is 1. The Labute approximate surface area is 226 Å². The Bertz CT molecular complexity index is 1190. The normalized spacial score (nSPS) is 11.1. The first-order valence-electron chi connectivity index (χ1n) is 13.3. The number of carbonyl (C=O) groups is 1. The van der Waals surface area contributed by atoms with E-state index in [-0.39, 0.29) is 24.8 Å². The number of hydrogen-bond acceptors (Lipinski definition) is 3. The van der Waals surface area contributed by atoms with Crippen LogP contribution in [0.5, 0.6) is 5.75 Å². The molecule has 6 heteroatoms. The fourth-order valence-electron chi connectivity index (χ4n) is 3.67. The van der Waals surface area contributed by atoms with Crippen molar-refractivity contribution < 1.29 is 23.0 Å². The third-order valence-electron chi connectivity index (χ3n) is 5.30. The van der Waals surface area contributed by atoms with Gasteiger partial charge < -0.3 is 14.0 Å². The van der Waals surface area contributed by atoms with Crippen molar-refractivity contribution in [1.29, 1.82) is 0 Å². The molecule has 0 unspecified atom stereocenters. The first-order valence-corrected chi connectivity index (χ1v) is 13.3. The largest absolute Gasteiger partial charge is 0.488 e. The monoisotopic (exact) mass is 525 g/mol. The molecule has 0 radical (unpaired) electrons. The molecule has 1 aromatic heterocycles. The highest BCUT2D eigenvalue weighted by molar-refractivity contribution is 5.90. The van der Waals surface area contributed by atoms with Gasteiger partial charge in [-0.2, -0.15) is 0 Å². The van der Waals surface area contributed by atoms with E-state index < -0.39 is 6.67 Å². The summed E-state index contributed by atoms with van der Waals surface area (Å²) >= 11 is 0. The number of esters is 1. The molecule has 0 amide bonds. The minimum absolute atomic E-state index is 0.0226. The van der Waals surface area contributed by atoms with Gasteiger partial charge in [0.1, 0.15) is 24.9 Å². The van der Waals surface area contributed by atoms with Crippen molar-refractivity contribution in [2.24, 2.45) is 0 Å². The Morgan fingerprint density at radius 1 is 0.974 bits per heavy atom. The summed E-state index contributed by atoms with van der Waals surface area (Å²) in [5, 5.41) is 0. The lowest BCUT2D eigenvalue weighted by Crippen LogP contribution is -2.07. The van der Waals surface area contributed by atoms with Crippen LogP contribution in [0.3, 0.4) is 0 Å². The number of allylic oxidation sites excluding steroid dienone is 2. The number of benzene rings is 2. The highest BCUT2D eigenvalue weighted by Gasteiger charge is 2.16. The first kappa shape index (κ1) is 32.4. The third-order valence-corrected chi connectivity index (χ3v) is 5.30. The Balaban J connectivity index is 0.00000172. The number of nitrogens with zero attached hydrogens (tertiary/aromatic N) is 1. The van der Waals surface area contributed by atoms with Crippen LogP contribution in [0.15, 0.2) is 84.2 Å². The van der Waals surface area contributed by atoms with Crippen molar-refractivity contribution in [2.45, 2.75) is 54.9 Å². The smallest absolute Gasteiger partial charge is 0.338 e. The second-order valence-electron chi connectivity index (χ2n) is 7.59. The fraction of sp³-hybridized carbons (Fsp3) is 0.344. The van der Waals surface area contributed by atoms with Gasteiger partial charge in [-0.3, -0.25) is 0 Å². The summed E-state index contributed by atoms with van der Waals surface area (Å²) in [6.45, 7) is 13.1. The molecule has 0 aliphatic rings. The molecule has 1 heterocycles. The average molecular weight is 526 g/mol. The van der Waals surface area contributed by atoms with Gasteiger partial charge in [-0.1, -0.05) is 65.0 Å². The minimum atomic E-state index is -0.672. The molecule has 0 saturated carbocycles. The van der Waals surface area contributed by atoms with Crippen LogP contribution in [0.1, 0.15) is 64.0 Å². The van der Waals surface area contributed by atoms with E-state index in [1.165, 1.54) is 12.2 Å². The Morgan fingerprint density at radius 2 is 1.68 bits per heavy atom. The lowest BCUT2D eigenvalue weighted by atomic mass is 10.1. The maximum absolute atomic E-state index is 14.3. The number of aromatic nitrogens is 1. The molecule has 0 N–H and O–H groups in total. The summed E-state index contributed by atoms with van der Waals surface area (Å²) in [5.41, 5.74) is 4.21. The second-order valence-corrected chi connectivity index (χ2v) is 7.59. The number of rotatable bonds is 10. The number of halogens is 2. The highest BCUT2D eigenvalue weighted by atomic mass is 19.1. The van der Waals surface area contributed by atoms with E-state index >= 15 is 0 Å². The lowest BCUT2D eigenvalue weighted by Gasteiger charge is -2.16. The van der Waals surface area contributed by atoms with Gasteiger partial charge in [-0.15, -0.1) is 0 Å². The predicted molar refractivity (Wildman–Crippen MR) is 154 cm³/mol. The SMILES string of the molecule is CC.CC.CCOC(=O)c1cccc(-n2c(C)ccc2-c2ccccc2OCC(/C=C\CF)=C(\F)CC)c1. The Kier molecular flexibility index (Phi) is 15.1. The molecular weight excluding hydrogens is 484 g/mol. The number of hydrogen-bond donors (Lipinski definition) is 0. The van der Waals surface area contributed by atoms with Gasteiger partial charge in [0.25, 0.3) is 0 Å². The maximum Gasteiger partial charge on any atom is 0.338 e. The molecule has 38 heavy (non-hydrogen) atoms. The first-order chi connectivity index (χ1) is 18.5. The predicted octanol–water partition coefficient (Wildman–Crippen LogP) is 9.22. The molecule has 0 aliphatic heterocycles. The van der Waals surface area contributed by atoms with E-state index in [9.17, 15) is 13.6 Å². The topological polar surface area (TPSA) is 40.5 Å². The lowest BCUT2D eigenvalue weighted by molar-refractivity contribution is 0.0526. The molecule has 2 aromatic carbocycles. The van der Waals surface area contributed by atoms with E-state index in [0.717, 1.165) is 22.6 Å². The third kappa shape index (κ3) is 8.72. The maximum atomic E-state index is 14.3. The number of aryl methyl sites for hydroxylation is 1. The van der Waals surface area contributed by atoms with Crippen LogP contribution in [-0.4, -0.2) is 30.4 Å². The van der Waals surface area contributed by atoms with Crippen LogP contribution in [-0.2, 0) is 4.74 Å². The zero-order valence-corrected chi connectivity index (χ0v) is 23.7. The summed E-state index contributed by atoms with van der Waals surface area (Å²) in [4.78, 5) is 12.2. The van der Waals surface area contributed by atoms with Crippen molar-refractivity contribution in [1.82, 2.24) is 4.57 Å². The van der Waals surface area contributed by atoms with Crippen molar-refractivity contribution in [2.75, 3.05) is 19.9 Å². The van der Waals surface area contributed by atoms with Gasteiger partial charge in [0.15, 0.2) is 0 Å². The van der Waals surface area contributed by atoms with E-state index in [4.69, 9.17) is 9.47 Å². The molecule has 0 bridgehead atoms. The van der Waals surface area contributed by atoms with Crippen LogP contribution in [0.25, 0.3) is 16.9 Å². The Hall–Kier alpha value is -3.67. The molecule has 3 aromatic rings. The molecule has 0 aliphatic carbocycles. The van der Waals surface area contributed by atoms with Crippen molar-refractivity contribution in [3.63, 3.8) is 0 Å². The quantitative estimate of drug-likeness (QED) is 0.196. The molecule has 0 atom stereocenters. The van der Waals surface area contributed by atoms with Crippen molar-refractivity contribution in [3.05, 3.63) is 95.5 Å². The zero-order valence-electron chi connectivity index (χ0n) is 23.7. The highest BCUT2D eigenvalue weighted by Crippen LogP contribution is 2.34. The Morgan fingerprint density at radius 3 is 2.34 bits per heavy atom. The van der Waals surface area contributed by atoms with Crippen LogP contribution in [0.2, 0.25) is 0 Å². The summed E-state index contributed by atoms with van der Waals surface area (Å²) < 4.78 is 40.0. The molecule has 206 valence electrons. The molecular formula is C32H41F2NO3. The molecule has 0 saturated heterocycles. The van der Waals surface area contributed by atoms with E-state index in [0.29, 0.717) is 23.5 Å². The number of alkyl halides is 1. The summed E-state index contributed by atoms with van der Waals surface area (Å²) in [6.07, 6.45) is 2.90.